The lowest BCUT2D eigenvalue weighted by Gasteiger charge is -2.49. The zero-order chi connectivity index (χ0) is 35.3. The molecule has 51 heavy (non-hydrogen) atoms. The van der Waals surface area contributed by atoms with Gasteiger partial charge in [-0.1, -0.05) is 31.0 Å². The molecule has 2 saturated heterocycles. The highest BCUT2D eigenvalue weighted by atomic mass is 35.5. The van der Waals surface area contributed by atoms with Crippen LogP contribution in [0.4, 0.5) is 5.69 Å². The van der Waals surface area contributed by atoms with E-state index < -0.39 is 21.2 Å². The van der Waals surface area contributed by atoms with Crippen LogP contribution in [-0.2, 0) is 21.9 Å². The van der Waals surface area contributed by atoms with Gasteiger partial charge in [0.1, 0.15) is 5.75 Å². The maximum absolute atomic E-state index is 13.6. The maximum atomic E-state index is 13.6. The number of sulfonamides is 1. The van der Waals surface area contributed by atoms with Crippen molar-refractivity contribution in [3.63, 3.8) is 0 Å². The van der Waals surface area contributed by atoms with E-state index in [4.69, 9.17) is 16.3 Å². The number of hydrogen-bond acceptors (Lipinski definition) is 8. The normalized spacial score (nSPS) is 34.6. The lowest BCUT2D eigenvalue weighted by atomic mass is 9.65. The number of anilines is 1. The number of nitrogens with zero attached hydrogens (tertiary/aromatic N) is 3. The molecule has 1 amide bonds. The molecule has 7 atom stereocenters. The van der Waals surface area contributed by atoms with Crippen LogP contribution in [0.3, 0.4) is 0 Å². The largest absolute Gasteiger partial charge is 0.490 e. The summed E-state index contributed by atoms with van der Waals surface area (Å²) in [5.74, 6) is 1.87. The Labute approximate surface area is 309 Å². The van der Waals surface area contributed by atoms with Crippen LogP contribution in [0.25, 0.3) is 0 Å². The van der Waals surface area contributed by atoms with Crippen molar-refractivity contribution in [2.75, 3.05) is 70.4 Å². The first-order chi connectivity index (χ1) is 24.6. The highest BCUT2D eigenvalue weighted by Gasteiger charge is 2.45. The Morgan fingerprint density at radius 3 is 2.73 bits per heavy atom. The van der Waals surface area contributed by atoms with Crippen LogP contribution in [0.1, 0.15) is 80.3 Å². The van der Waals surface area contributed by atoms with Gasteiger partial charge in [0.2, 0.25) is 10.0 Å². The molecule has 2 aromatic carbocycles. The summed E-state index contributed by atoms with van der Waals surface area (Å²) in [6.07, 6.45) is 8.49. The molecule has 278 valence electrons. The lowest BCUT2D eigenvalue weighted by Crippen LogP contribution is -2.61. The van der Waals surface area contributed by atoms with Crippen molar-refractivity contribution in [2.24, 2.45) is 23.7 Å². The standard InChI is InChI=1S/C40H56ClN5O4S/c1-27-5-3-6-31(22-44-17-18-45-16-15-42-21-34(45)24-44)35-11-8-32(35)23-46-25-40(14-4-7-29-19-33(41)10-12-36(29)40)26-50-38-13-9-30(20-37(38)46)39(47)43-51(48,49)28(27)2/h9-10,12-13,19-20,27-28,31-32,34-35,42H,3-8,11,14-18,21-26H2,1-2H3,(H,43,47)/t27-,28+,31+,32-,34+,35-,40-/m0/s1. The van der Waals surface area contributed by atoms with E-state index in [0.29, 0.717) is 36.0 Å². The van der Waals surface area contributed by atoms with Gasteiger partial charge in [-0.2, -0.15) is 0 Å². The molecule has 2 N–H and O–H groups in total. The number of halogens is 1. The van der Waals surface area contributed by atoms with Crippen LogP contribution in [0.5, 0.6) is 5.75 Å². The second kappa shape index (κ2) is 14.5. The molecular formula is C40H56ClN5O4S. The molecule has 0 unspecified atom stereocenters. The van der Waals surface area contributed by atoms with Crippen LogP contribution in [-0.4, -0.2) is 101 Å². The highest BCUT2D eigenvalue weighted by molar-refractivity contribution is 7.90. The smallest absolute Gasteiger partial charge is 0.264 e. The molecule has 4 aliphatic heterocycles. The molecular weight excluding hydrogens is 682 g/mol. The molecule has 1 spiro atoms. The van der Waals surface area contributed by atoms with E-state index in [1.54, 1.807) is 13.0 Å². The number of benzene rings is 2. The Morgan fingerprint density at radius 2 is 1.88 bits per heavy atom. The second-order valence-corrected chi connectivity index (χ2v) is 19.3. The van der Waals surface area contributed by atoms with E-state index in [2.05, 4.69) is 36.9 Å². The number of rotatable bonds is 2. The first-order valence-corrected chi connectivity index (χ1v) is 21.5. The Bertz CT molecular complexity index is 1720. The minimum absolute atomic E-state index is 0.0571. The van der Waals surface area contributed by atoms with Crippen molar-refractivity contribution < 1.29 is 17.9 Å². The minimum Gasteiger partial charge on any atom is -0.490 e. The van der Waals surface area contributed by atoms with Crippen LogP contribution < -0.4 is 19.7 Å². The fourth-order valence-electron chi connectivity index (χ4n) is 10.4. The van der Waals surface area contributed by atoms with E-state index in [9.17, 15) is 13.2 Å². The number of piperazine rings is 2. The fourth-order valence-corrected chi connectivity index (χ4v) is 11.9. The van der Waals surface area contributed by atoms with E-state index in [1.807, 2.05) is 25.1 Å². The number of ether oxygens (including phenoxy) is 1. The molecule has 3 fully saturated rings. The Hall–Kier alpha value is -2.37. The molecule has 11 heteroatoms. The van der Waals surface area contributed by atoms with Gasteiger partial charge in [-0.25, -0.2) is 13.1 Å². The molecule has 0 aromatic heterocycles. The van der Waals surface area contributed by atoms with Gasteiger partial charge in [-0.05, 0) is 117 Å². The first kappa shape index (κ1) is 35.6. The lowest BCUT2D eigenvalue weighted by molar-refractivity contribution is 0.0207. The predicted octanol–water partition coefficient (Wildman–Crippen LogP) is 5.31. The maximum Gasteiger partial charge on any atom is 0.264 e. The highest BCUT2D eigenvalue weighted by Crippen LogP contribution is 2.48. The zero-order valence-electron chi connectivity index (χ0n) is 30.4. The number of hydrogen-bond donors (Lipinski definition) is 2. The van der Waals surface area contributed by atoms with Gasteiger partial charge in [0.05, 0.1) is 17.5 Å². The van der Waals surface area contributed by atoms with Crippen molar-refractivity contribution in [1.29, 1.82) is 0 Å². The topological polar surface area (TPSA) is 94.2 Å². The summed E-state index contributed by atoms with van der Waals surface area (Å²) >= 11 is 6.50. The van der Waals surface area contributed by atoms with Gasteiger partial charge in [0.25, 0.3) is 5.91 Å². The molecule has 8 rings (SSSR count). The van der Waals surface area contributed by atoms with Gasteiger partial charge in [-0.3, -0.25) is 9.69 Å². The Balaban J connectivity index is 1.14. The summed E-state index contributed by atoms with van der Waals surface area (Å²) in [6.45, 7) is 13.8. The number of amides is 1. The van der Waals surface area contributed by atoms with Crippen molar-refractivity contribution in [3.05, 3.63) is 58.1 Å². The summed E-state index contributed by atoms with van der Waals surface area (Å²) in [6, 6.07) is 12.4. The number of nitrogens with one attached hydrogen (secondary N) is 2. The van der Waals surface area contributed by atoms with Crippen LogP contribution in [0, 0.1) is 23.7 Å². The molecule has 9 nitrogen and oxygen atoms in total. The quantitative estimate of drug-likeness (QED) is 0.429. The summed E-state index contributed by atoms with van der Waals surface area (Å²) < 4.78 is 36.3. The van der Waals surface area contributed by atoms with E-state index >= 15 is 0 Å². The molecule has 2 aromatic rings. The average molecular weight is 738 g/mol. The first-order valence-electron chi connectivity index (χ1n) is 19.6. The zero-order valence-corrected chi connectivity index (χ0v) is 32.0. The minimum atomic E-state index is -3.87. The molecule has 2 aliphatic carbocycles. The van der Waals surface area contributed by atoms with Crippen molar-refractivity contribution in [1.82, 2.24) is 19.8 Å². The van der Waals surface area contributed by atoms with Gasteiger partial charge < -0.3 is 19.9 Å². The Kier molecular flexibility index (Phi) is 10.1. The van der Waals surface area contributed by atoms with E-state index in [0.717, 1.165) is 114 Å². The molecule has 2 bridgehead atoms. The average Bonchev–Trinajstić information content (AvgIpc) is 3.25. The predicted molar refractivity (Wildman–Crippen MR) is 203 cm³/mol. The summed E-state index contributed by atoms with van der Waals surface area (Å²) in [5, 5.41) is 3.72. The number of carbonyl (C=O) groups is 1. The number of aryl methyl sites for hydroxylation is 1. The third-order valence-corrected chi connectivity index (χ3v) is 15.9. The van der Waals surface area contributed by atoms with Crippen molar-refractivity contribution in [3.8, 4) is 5.75 Å². The van der Waals surface area contributed by atoms with Crippen LogP contribution in [0.2, 0.25) is 5.02 Å². The van der Waals surface area contributed by atoms with Crippen molar-refractivity contribution in [2.45, 2.75) is 81.9 Å². The van der Waals surface area contributed by atoms with Crippen LogP contribution >= 0.6 is 11.6 Å². The SMILES string of the molecule is C[C@@H]1[C@@H](C)CCC[C@H](CN2CCN3CCNC[C@@H]3C2)[C@@H]2CC[C@H]2CN2C[C@@]3(CCCc4cc(Cl)ccc43)COc3ccc(cc32)C(=O)NS1(=O)=O. The number of carbonyl (C=O) groups excluding carboxylic acids is 1. The van der Waals surface area contributed by atoms with Crippen molar-refractivity contribution >= 4 is 33.2 Å². The molecule has 0 radical (unpaired) electrons. The van der Waals surface area contributed by atoms with E-state index in [1.165, 1.54) is 24.0 Å². The van der Waals surface area contributed by atoms with Gasteiger partial charge >= 0.3 is 0 Å². The molecule has 1 saturated carbocycles. The monoisotopic (exact) mass is 737 g/mol. The summed E-state index contributed by atoms with van der Waals surface area (Å²) in [4.78, 5) is 21.5. The third kappa shape index (κ3) is 7.17. The summed E-state index contributed by atoms with van der Waals surface area (Å²) in [7, 11) is -3.87. The van der Waals surface area contributed by atoms with Crippen LogP contribution in [0.15, 0.2) is 36.4 Å². The third-order valence-electron chi connectivity index (χ3n) is 13.7. The molecule has 4 heterocycles. The van der Waals surface area contributed by atoms with E-state index in [-0.39, 0.29) is 11.3 Å². The second-order valence-electron chi connectivity index (χ2n) is 16.8. The van der Waals surface area contributed by atoms with Gasteiger partial charge in [0, 0.05) is 80.9 Å². The summed E-state index contributed by atoms with van der Waals surface area (Å²) in [5.41, 5.74) is 3.67. The fraction of sp³-hybridized carbons (Fsp3) is 0.675. The number of fused-ring (bicyclic) bond motifs is 5. The Morgan fingerprint density at radius 1 is 1.00 bits per heavy atom. The molecule has 6 aliphatic rings. The van der Waals surface area contributed by atoms with Gasteiger partial charge in [-0.15, -0.1) is 0 Å². The van der Waals surface area contributed by atoms with Gasteiger partial charge in [0.15, 0.2) is 0 Å².